The minimum Gasteiger partial charge on any atom is -0.367 e. The lowest BCUT2D eigenvalue weighted by Crippen LogP contribution is -2.60. The highest BCUT2D eigenvalue weighted by Crippen LogP contribution is 2.31. The van der Waals surface area contributed by atoms with Crippen molar-refractivity contribution in [2.45, 2.75) is 12.2 Å². The summed E-state index contributed by atoms with van der Waals surface area (Å²) in [5, 5.41) is 12.9. The fourth-order valence-corrected chi connectivity index (χ4v) is 2.89. The molecule has 0 unspecified atom stereocenters. The number of aromatic nitrogens is 2. The van der Waals surface area contributed by atoms with Gasteiger partial charge in [0.1, 0.15) is 5.52 Å². The van der Waals surface area contributed by atoms with Crippen molar-refractivity contribution in [3.63, 3.8) is 0 Å². The summed E-state index contributed by atoms with van der Waals surface area (Å²) in [6, 6.07) is 9.56. The molecule has 0 radical (unpaired) electrons. The van der Waals surface area contributed by atoms with Crippen molar-refractivity contribution in [1.82, 2.24) is 15.6 Å². The summed E-state index contributed by atoms with van der Waals surface area (Å²) in [5.41, 5.74) is 1.46. The monoisotopic (exact) mass is 377 g/mol. The van der Waals surface area contributed by atoms with E-state index in [4.69, 9.17) is 0 Å². The highest BCUT2D eigenvalue weighted by Gasteiger charge is 2.32. The standard InChI is InChI=1S/C17H14F3N5O2/c18-17(19,20)10-4-6-12(7-5-10)25-8-11(9-25)21-16(26)22-13-2-1-3-14-15(13)24-27-23-14/h1-7,11H,8-9H2,(H2,21,22,26). The molecule has 140 valence electrons. The molecule has 2 N–H and O–H groups in total. The van der Waals surface area contributed by atoms with Crippen molar-refractivity contribution >= 4 is 28.4 Å². The van der Waals surface area contributed by atoms with Gasteiger partial charge < -0.3 is 15.5 Å². The highest BCUT2D eigenvalue weighted by atomic mass is 19.4. The van der Waals surface area contributed by atoms with Crippen LogP contribution >= 0.6 is 0 Å². The number of benzene rings is 2. The molecular weight excluding hydrogens is 363 g/mol. The first-order valence-electron chi connectivity index (χ1n) is 8.11. The van der Waals surface area contributed by atoms with Gasteiger partial charge in [-0.05, 0) is 46.7 Å². The second-order valence-corrected chi connectivity index (χ2v) is 6.18. The van der Waals surface area contributed by atoms with Crippen molar-refractivity contribution < 1.29 is 22.6 Å². The van der Waals surface area contributed by atoms with Gasteiger partial charge in [-0.25, -0.2) is 9.42 Å². The number of nitrogens with one attached hydrogen (secondary N) is 2. The van der Waals surface area contributed by atoms with Crippen LogP contribution in [0.1, 0.15) is 5.56 Å². The number of amides is 2. The van der Waals surface area contributed by atoms with Crippen molar-refractivity contribution in [3.8, 4) is 0 Å². The highest BCUT2D eigenvalue weighted by molar-refractivity contribution is 5.98. The Hall–Kier alpha value is -3.30. The van der Waals surface area contributed by atoms with Crippen molar-refractivity contribution in [2.24, 2.45) is 0 Å². The van der Waals surface area contributed by atoms with Crippen LogP contribution in [0.4, 0.5) is 29.3 Å². The molecule has 0 aliphatic carbocycles. The van der Waals surface area contributed by atoms with Crippen LogP contribution < -0.4 is 15.5 Å². The maximum atomic E-state index is 12.6. The number of fused-ring (bicyclic) bond motifs is 1. The normalized spacial score (nSPS) is 14.9. The average molecular weight is 377 g/mol. The summed E-state index contributed by atoms with van der Waals surface area (Å²) in [5.74, 6) is 0. The van der Waals surface area contributed by atoms with Crippen LogP contribution in [0.3, 0.4) is 0 Å². The second-order valence-electron chi connectivity index (χ2n) is 6.18. The van der Waals surface area contributed by atoms with E-state index < -0.39 is 17.8 Å². The fourth-order valence-electron chi connectivity index (χ4n) is 2.89. The molecule has 2 aromatic carbocycles. The molecule has 27 heavy (non-hydrogen) atoms. The minimum atomic E-state index is -4.35. The molecule has 0 atom stereocenters. The van der Waals surface area contributed by atoms with E-state index >= 15 is 0 Å². The first kappa shape index (κ1) is 17.1. The summed E-state index contributed by atoms with van der Waals surface area (Å²) in [7, 11) is 0. The first-order chi connectivity index (χ1) is 12.9. The predicted molar refractivity (Wildman–Crippen MR) is 91.4 cm³/mol. The quantitative estimate of drug-likeness (QED) is 0.732. The molecule has 0 saturated carbocycles. The molecule has 1 aromatic heterocycles. The number of anilines is 2. The Kier molecular flexibility index (Phi) is 4.09. The molecular formula is C17H14F3N5O2. The van der Waals surface area contributed by atoms with E-state index in [2.05, 4.69) is 25.6 Å². The van der Waals surface area contributed by atoms with E-state index in [9.17, 15) is 18.0 Å². The number of nitrogens with zero attached hydrogens (tertiary/aromatic N) is 3. The Morgan fingerprint density at radius 1 is 1.11 bits per heavy atom. The zero-order valence-electron chi connectivity index (χ0n) is 13.8. The van der Waals surface area contributed by atoms with E-state index in [0.717, 1.165) is 12.1 Å². The number of carbonyl (C=O) groups is 1. The van der Waals surface area contributed by atoms with Crippen molar-refractivity contribution in [2.75, 3.05) is 23.3 Å². The Bertz CT molecular complexity index is 965. The van der Waals surface area contributed by atoms with Gasteiger partial charge >= 0.3 is 12.2 Å². The molecule has 2 amide bonds. The average Bonchev–Trinajstić information content (AvgIpc) is 3.07. The molecule has 0 bridgehead atoms. The summed E-state index contributed by atoms with van der Waals surface area (Å²) in [6.07, 6.45) is -4.35. The van der Waals surface area contributed by atoms with Gasteiger partial charge in [0.05, 0.1) is 17.3 Å². The maximum Gasteiger partial charge on any atom is 0.416 e. The van der Waals surface area contributed by atoms with Gasteiger partial charge in [-0.2, -0.15) is 13.2 Å². The number of hydrogen-bond acceptors (Lipinski definition) is 5. The maximum absolute atomic E-state index is 12.6. The first-order valence-corrected chi connectivity index (χ1v) is 8.11. The van der Waals surface area contributed by atoms with Gasteiger partial charge in [0.25, 0.3) is 0 Å². The summed E-state index contributed by atoms with van der Waals surface area (Å²) in [6.45, 7) is 1.02. The third-order valence-electron chi connectivity index (χ3n) is 4.31. The lowest BCUT2D eigenvalue weighted by Gasteiger charge is -2.41. The number of alkyl halides is 3. The number of halogens is 3. The van der Waals surface area contributed by atoms with Crippen LogP contribution in [-0.2, 0) is 6.18 Å². The SMILES string of the molecule is O=C(Nc1cccc2nonc12)NC1CN(c2ccc(C(F)(F)F)cc2)C1. The zero-order valence-corrected chi connectivity index (χ0v) is 13.8. The third-order valence-corrected chi connectivity index (χ3v) is 4.31. The molecule has 1 fully saturated rings. The number of rotatable bonds is 3. The van der Waals surface area contributed by atoms with Gasteiger partial charge in [-0.3, -0.25) is 0 Å². The third kappa shape index (κ3) is 3.50. The van der Waals surface area contributed by atoms with E-state index in [-0.39, 0.29) is 6.04 Å². The van der Waals surface area contributed by atoms with Gasteiger partial charge in [-0.1, -0.05) is 6.07 Å². The number of carbonyl (C=O) groups excluding carboxylic acids is 1. The van der Waals surface area contributed by atoms with Gasteiger partial charge in [-0.15, -0.1) is 0 Å². The molecule has 4 rings (SSSR count). The Morgan fingerprint density at radius 2 is 1.85 bits per heavy atom. The van der Waals surface area contributed by atoms with Crippen molar-refractivity contribution in [1.29, 1.82) is 0 Å². The molecule has 7 nitrogen and oxygen atoms in total. The predicted octanol–water partition coefficient (Wildman–Crippen LogP) is 3.25. The van der Waals surface area contributed by atoms with Crippen LogP contribution in [0, 0.1) is 0 Å². The molecule has 10 heteroatoms. The second kappa shape index (κ2) is 6.45. The molecule has 1 aliphatic rings. The van der Waals surface area contributed by atoms with Crippen LogP contribution in [0.25, 0.3) is 11.0 Å². The Morgan fingerprint density at radius 3 is 2.56 bits per heavy atom. The summed E-state index contributed by atoms with van der Waals surface area (Å²) >= 11 is 0. The molecule has 3 aromatic rings. The Balaban J connectivity index is 1.31. The van der Waals surface area contributed by atoms with Crippen LogP contribution in [0.15, 0.2) is 47.1 Å². The van der Waals surface area contributed by atoms with Gasteiger partial charge in [0.15, 0.2) is 5.52 Å². The smallest absolute Gasteiger partial charge is 0.367 e. The lowest BCUT2D eigenvalue weighted by atomic mass is 10.1. The lowest BCUT2D eigenvalue weighted by molar-refractivity contribution is -0.137. The fraction of sp³-hybridized carbons (Fsp3) is 0.235. The molecule has 1 aliphatic heterocycles. The largest absolute Gasteiger partial charge is 0.416 e. The number of hydrogen-bond donors (Lipinski definition) is 2. The molecule has 2 heterocycles. The topological polar surface area (TPSA) is 83.3 Å². The number of urea groups is 1. The zero-order chi connectivity index (χ0) is 19.0. The van der Waals surface area contributed by atoms with E-state index in [1.165, 1.54) is 12.1 Å². The minimum absolute atomic E-state index is 0.109. The van der Waals surface area contributed by atoms with Crippen LogP contribution in [-0.4, -0.2) is 35.5 Å². The summed E-state index contributed by atoms with van der Waals surface area (Å²) in [4.78, 5) is 14.0. The van der Waals surface area contributed by atoms with Gasteiger partial charge in [0, 0.05) is 18.8 Å². The molecule has 0 spiro atoms. The molecule has 1 saturated heterocycles. The Labute approximate surface area is 151 Å². The van der Waals surface area contributed by atoms with Crippen LogP contribution in [0.2, 0.25) is 0 Å². The van der Waals surface area contributed by atoms with E-state index in [1.54, 1.807) is 18.2 Å². The van der Waals surface area contributed by atoms with Gasteiger partial charge in [0.2, 0.25) is 0 Å². The van der Waals surface area contributed by atoms with Crippen molar-refractivity contribution in [3.05, 3.63) is 48.0 Å². The van der Waals surface area contributed by atoms with E-state index in [0.29, 0.717) is 35.5 Å². The van der Waals surface area contributed by atoms with Crippen LogP contribution in [0.5, 0.6) is 0 Å². The summed E-state index contributed by atoms with van der Waals surface area (Å²) < 4.78 is 42.4. The van der Waals surface area contributed by atoms with E-state index in [1.807, 2.05) is 4.90 Å².